The number of carbonyl (C=O) groups excluding carboxylic acids is 1. The van der Waals surface area contributed by atoms with Crippen LogP contribution in [0.2, 0.25) is 4.47 Å². The van der Waals surface area contributed by atoms with Crippen LogP contribution in [-0.2, 0) is 20.3 Å². The summed E-state index contributed by atoms with van der Waals surface area (Å²) in [6, 6.07) is -0.345. The molecule has 2 rings (SSSR count). The summed E-state index contributed by atoms with van der Waals surface area (Å²) in [5, 5.41) is 0. The highest BCUT2D eigenvalue weighted by atomic mass is 35.5. The lowest BCUT2D eigenvalue weighted by molar-refractivity contribution is 0.0124. The van der Waals surface area contributed by atoms with Crippen LogP contribution in [0.25, 0.3) is 0 Å². The van der Waals surface area contributed by atoms with Gasteiger partial charge in [0.05, 0.1) is 11.5 Å². The molecule has 0 spiro atoms. The van der Waals surface area contributed by atoms with E-state index in [-0.39, 0.29) is 17.5 Å². The van der Waals surface area contributed by atoms with Crippen molar-refractivity contribution in [2.75, 3.05) is 12.3 Å². The average Bonchev–Trinajstić information content (AvgIpc) is 2.81. The number of sulfone groups is 1. The number of aromatic nitrogens is 1. The van der Waals surface area contributed by atoms with Crippen LogP contribution in [0.4, 0.5) is 4.79 Å². The molecule has 0 radical (unpaired) electrons. The van der Waals surface area contributed by atoms with Crippen molar-refractivity contribution < 1.29 is 17.9 Å². The van der Waals surface area contributed by atoms with Gasteiger partial charge in [0.2, 0.25) is 0 Å². The summed E-state index contributed by atoms with van der Waals surface area (Å²) in [5.41, 5.74) is -0.600. The highest BCUT2D eigenvalue weighted by molar-refractivity contribution is 7.90. The zero-order chi connectivity index (χ0) is 18.0. The molecule has 136 valence electrons. The van der Waals surface area contributed by atoms with Gasteiger partial charge in [0.15, 0.2) is 14.3 Å². The first-order valence-corrected chi connectivity index (χ1v) is 10.9. The zero-order valence-electron chi connectivity index (χ0n) is 14.1. The fourth-order valence-corrected chi connectivity index (χ4v) is 5.76. The van der Waals surface area contributed by atoms with Crippen LogP contribution in [0, 0.1) is 0 Å². The number of carbonyl (C=O) groups is 1. The third-order valence-electron chi connectivity index (χ3n) is 3.59. The predicted molar refractivity (Wildman–Crippen MR) is 95.2 cm³/mol. The van der Waals surface area contributed by atoms with Crippen molar-refractivity contribution in [1.82, 2.24) is 9.88 Å². The molecule has 1 amide bonds. The van der Waals surface area contributed by atoms with Gasteiger partial charge in [0.1, 0.15) is 5.60 Å². The molecule has 24 heavy (non-hydrogen) atoms. The van der Waals surface area contributed by atoms with E-state index in [1.165, 1.54) is 6.20 Å². The molecule has 1 saturated heterocycles. The maximum absolute atomic E-state index is 12.5. The smallest absolute Gasteiger partial charge is 0.410 e. The van der Waals surface area contributed by atoms with E-state index in [1.54, 1.807) is 25.7 Å². The van der Waals surface area contributed by atoms with E-state index in [2.05, 4.69) is 4.98 Å². The molecule has 0 bridgehead atoms. The van der Waals surface area contributed by atoms with Crippen molar-refractivity contribution in [1.29, 1.82) is 0 Å². The third kappa shape index (κ3) is 5.89. The zero-order valence-corrected chi connectivity index (χ0v) is 16.5. The fraction of sp³-hybridized carbons (Fsp3) is 0.733. The molecular formula is C15H23ClN2O4S2. The number of amides is 1. The predicted octanol–water partition coefficient (Wildman–Crippen LogP) is 3.50. The first-order valence-electron chi connectivity index (χ1n) is 7.86. The Bertz CT molecular complexity index is 682. The van der Waals surface area contributed by atoms with E-state index in [1.807, 2.05) is 0 Å². The van der Waals surface area contributed by atoms with Crippen LogP contribution < -0.4 is 0 Å². The number of halogens is 1. The Labute approximate surface area is 152 Å². The first kappa shape index (κ1) is 19.5. The van der Waals surface area contributed by atoms with Crippen LogP contribution >= 0.6 is 22.9 Å². The number of rotatable bonds is 4. The number of hydrogen-bond acceptors (Lipinski definition) is 6. The van der Waals surface area contributed by atoms with Crippen LogP contribution in [0.3, 0.4) is 0 Å². The van der Waals surface area contributed by atoms with Gasteiger partial charge in [0, 0.05) is 23.7 Å². The molecule has 1 aliphatic rings. The number of likely N-dealkylation sites (tertiary alicyclic amines) is 1. The van der Waals surface area contributed by atoms with Gasteiger partial charge in [-0.05, 0) is 40.0 Å². The minimum atomic E-state index is -3.37. The summed E-state index contributed by atoms with van der Waals surface area (Å²) in [6.45, 7) is 5.93. The molecule has 9 heteroatoms. The molecule has 1 fully saturated rings. The SMILES string of the molecule is CC(C)(C)OC(=O)N1CCCC[C@@H]1CS(=O)(=O)Cc1cnc(Cl)s1. The monoisotopic (exact) mass is 394 g/mol. The molecule has 1 aromatic heterocycles. The van der Waals surface area contributed by atoms with Crippen molar-refractivity contribution in [3.8, 4) is 0 Å². The normalized spacial score (nSPS) is 19.3. The van der Waals surface area contributed by atoms with Crippen molar-refractivity contribution in [3.05, 3.63) is 15.5 Å². The maximum Gasteiger partial charge on any atom is 0.410 e. The second-order valence-electron chi connectivity index (χ2n) is 6.96. The van der Waals surface area contributed by atoms with Crippen molar-refractivity contribution in [3.63, 3.8) is 0 Å². The largest absolute Gasteiger partial charge is 0.444 e. The van der Waals surface area contributed by atoms with Crippen LogP contribution in [0.15, 0.2) is 6.20 Å². The Morgan fingerprint density at radius 2 is 2.17 bits per heavy atom. The molecule has 6 nitrogen and oxygen atoms in total. The third-order valence-corrected chi connectivity index (χ3v) is 6.53. The summed E-state index contributed by atoms with van der Waals surface area (Å²) < 4.78 is 30.7. The minimum absolute atomic E-state index is 0.0677. The number of thiazole rings is 1. The summed E-state index contributed by atoms with van der Waals surface area (Å²) in [7, 11) is -3.37. The highest BCUT2D eigenvalue weighted by Gasteiger charge is 2.33. The van der Waals surface area contributed by atoms with Crippen molar-refractivity contribution in [2.24, 2.45) is 0 Å². The second-order valence-corrected chi connectivity index (χ2v) is 10.8. The summed E-state index contributed by atoms with van der Waals surface area (Å²) in [6.07, 6.45) is 3.48. The number of hydrogen-bond donors (Lipinski definition) is 0. The average molecular weight is 395 g/mol. The first-order chi connectivity index (χ1) is 11.1. The Morgan fingerprint density at radius 3 is 2.75 bits per heavy atom. The Hall–Kier alpha value is -0.860. The molecule has 0 saturated carbocycles. The Kier molecular flexibility index (Phi) is 6.14. The highest BCUT2D eigenvalue weighted by Crippen LogP contribution is 2.24. The van der Waals surface area contributed by atoms with Crippen LogP contribution in [-0.4, -0.2) is 48.3 Å². The molecule has 1 aliphatic heterocycles. The van der Waals surface area contributed by atoms with Crippen molar-refractivity contribution in [2.45, 2.75) is 57.4 Å². The number of nitrogens with zero attached hydrogens (tertiary/aromatic N) is 2. The van der Waals surface area contributed by atoms with Gasteiger partial charge in [0.25, 0.3) is 0 Å². The van der Waals surface area contributed by atoms with E-state index >= 15 is 0 Å². The number of ether oxygens (including phenoxy) is 1. The topological polar surface area (TPSA) is 76.6 Å². The van der Waals surface area contributed by atoms with Gasteiger partial charge in [-0.25, -0.2) is 18.2 Å². The lowest BCUT2D eigenvalue weighted by atomic mass is 10.0. The van der Waals surface area contributed by atoms with Gasteiger partial charge in [-0.3, -0.25) is 0 Å². The summed E-state index contributed by atoms with van der Waals surface area (Å²) >= 11 is 6.91. The molecular weight excluding hydrogens is 372 g/mol. The van der Waals surface area contributed by atoms with E-state index in [9.17, 15) is 13.2 Å². The summed E-state index contributed by atoms with van der Waals surface area (Å²) in [4.78, 5) is 18.4. The Balaban J connectivity index is 2.05. The second kappa shape index (κ2) is 7.58. The van der Waals surface area contributed by atoms with E-state index in [0.717, 1.165) is 24.2 Å². The summed E-state index contributed by atoms with van der Waals surface area (Å²) in [5.74, 6) is -0.169. The van der Waals surface area contributed by atoms with Gasteiger partial charge in [-0.1, -0.05) is 11.6 Å². The van der Waals surface area contributed by atoms with Gasteiger partial charge in [-0.2, -0.15) is 0 Å². The molecule has 2 heterocycles. The molecule has 0 aromatic carbocycles. The lowest BCUT2D eigenvalue weighted by Gasteiger charge is -2.36. The van der Waals surface area contributed by atoms with Crippen LogP contribution in [0.5, 0.6) is 0 Å². The van der Waals surface area contributed by atoms with Gasteiger partial charge >= 0.3 is 6.09 Å². The van der Waals surface area contributed by atoms with Gasteiger partial charge < -0.3 is 9.64 Å². The van der Waals surface area contributed by atoms with Crippen LogP contribution in [0.1, 0.15) is 44.9 Å². The van der Waals surface area contributed by atoms with Crippen molar-refractivity contribution >= 4 is 38.9 Å². The fourth-order valence-electron chi connectivity index (χ4n) is 2.65. The quantitative estimate of drug-likeness (QED) is 0.781. The number of piperidine rings is 1. The molecule has 1 atom stereocenters. The molecule has 0 aliphatic carbocycles. The molecule has 1 aromatic rings. The van der Waals surface area contributed by atoms with E-state index in [4.69, 9.17) is 16.3 Å². The molecule has 0 N–H and O–H groups in total. The standard InChI is InChI=1S/C15H23ClN2O4S2/c1-15(2,3)22-14(19)18-7-5-4-6-11(18)9-24(20,21)10-12-8-17-13(16)23-12/h8,11H,4-7,9-10H2,1-3H3/t11-/m1/s1. The minimum Gasteiger partial charge on any atom is -0.444 e. The van der Waals surface area contributed by atoms with E-state index < -0.39 is 21.5 Å². The van der Waals surface area contributed by atoms with Gasteiger partial charge in [-0.15, -0.1) is 11.3 Å². The Morgan fingerprint density at radius 1 is 1.46 bits per heavy atom. The lowest BCUT2D eigenvalue weighted by Crippen LogP contribution is -2.49. The molecule has 0 unspecified atom stereocenters. The maximum atomic E-state index is 12.5. The van der Waals surface area contributed by atoms with E-state index in [0.29, 0.717) is 22.3 Å².